The Morgan fingerprint density at radius 1 is 1.15 bits per heavy atom. The number of piperidine rings is 1. The summed E-state index contributed by atoms with van der Waals surface area (Å²) in [5.41, 5.74) is 5.18. The molecular weight excluding hydrogens is 254 g/mol. The van der Waals surface area contributed by atoms with Crippen LogP contribution in [0.1, 0.15) is 38.5 Å². The van der Waals surface area contributed by atoms with E-state index in [1.165, 1.54) is 38.8 Å². The molecule has 2 heterocycles. The maximum Gasteiger partial charge on any atom is 0.325 e. The van der Waals surface area contributed by atoms with E-state index in [-0.39, 0.29) is 5.92 Å². The highest BCUT2D eigenvalue weighted by Gasteiger charge is 2.49. The van der Waals surface area contributed by atoms with Crippen LogP contribution >= 0.6 is 0 Å². The average molecular weight is 281 g/mol. The molecule has 2 atom stereocenters. The first-order valence-corrected chi connectivity index (χ1v) is 8.08. The van der Waals surface area contributed by atoms with Crippen molar-refractivity contribution in [1.82, 2.24) is 9.80 Å². The third-order valence-corrected chi connectivity index (χ3v) is 5.34. The van der Waals surface area contributed by atoms with Gasteiger partial charge in [0.15, 0.2) is 0 Å². The minimum absolute atomic E-state index is 0.189. The van der Waals surface area contributed by atoms with Gasteiger partial charge in [0.2, 0.25) is 0 Å². The number of carbonyl (C=O) groups is 1. The molecule has 1 aliphatic carbocycles. The molecule has 0 aromatic rings. The smallest absolute Gasteiger partial charge is 0.325 e. The molecule has 5 heteroatoms. The van der Waals surface area contributed by atoms with Crippen molar-refractivity contribution < 1.29 is 9.90 Å². The van der Waals surface area contributed by atoms with E-state index in [1.807, 2.05) is 0 Å². The molecule has 3 rings (SSSR count). The normalized spacial score (nSPS) is 32.1. The highest BCUT2D eigenvalue weighted by Crippen LogP contribution is 2.39. The summed E-state index contributed by atoms with van der Waals surface area (Å²) in [5.74, 6) is -0.629. The monoisotopic (exact) mass is 281 g/mol. The van der Waals surface area contributed by atoms with Gasteiger partial charge in [-0.3, -0.25) is 14.6 Å². The number of hydrogen-bond acceptors (Lipinski definition) is 4. The Morgan fingerprint density at radius 3 is 2.45 bits per heavy atom. The van der Waals surface area contributed by atoms with Gasteiger partial charge in [0, 0.05) is 19.1 Å². The lowest BCUT2D eigenvalue weighted by molar-refractivity contribution is -0.145. The number of carboxylic acids is 1. The summed E-state index contributed by atoms with van der Waals surface area (Å²) in [6.07, 6.45) is 7.11. The van der Waals surface area contributed by atoms with Gasteiger partial charge in [0.25, 0.3) is 0 Å². The first kappa shape index (κ1) is 14.3. The predicted molar refractivity (Wildman–Crippen MR) is 77.5 cm³/mol. The van der Waals surface area contributed by atoms with E-state index in [1.54, 1.807) is 0 Å². The highest BCUT2D eigenvalue weighted by atomic mass is 16.4. The van der Waals surface area contributed by atoms with E-state index in [4.69, 9.17) is 5.73 Å². The van der Waals surface area contributed by atoms with Crippen LogP contribution in [0.2, 0.25) is 0 Å². The second-order valence-electron chi connectivity index (χ2n) is 6.89. The van der Waals surface area contributed by atoms with Gasteiger partial charge in [-0.05, 0) is 57.7 Å². The van der Waals surface area contributed by atoms with Crippen LogP contribution in [-0.4, -0.2) is 65.2 Å². The molecule has 2 saturated heterocycles. The van der Waals surface area contributed by atoms with Gasteiger partial charge in [-0.25, -0.2) is 0 Å². The second kappa shape index (κ2) is 5.62. The number of aliphatic carboxylic acids is 1. The van der Waals surface area contributed by atoms with Gasteiger partial charge in [-0.2, -0.15) is 0 Å². The number of carboxylic acid groups (broad SMARTS) is 1. The molecule has 2 aliphatic heterocycles. The van der Waals surface area contributed by atoms with E-state index >= 15 is 0 Å². The van der Waals surface area contributed by atoms with Crippen molar-refractivity contribution >= 4 is 5.97 Å². The van der Waals surface area contributed by atoms with Crippen LogP contribution in [0, 0.1) is 5.92 Å². The van der Waals surface area contributed by atoms with Crippen LogP contribution in [0.5, 0.6) is 0 Å². The van der Waals surface area contributed by atoms with Crippen molar-refractivity contribution in [2.75, 3.05) is 32.7 Å². The molecule has 20 heavy (non-hydrogen) atoms. The molecule has 0 bridgehead atoms. The summed E-state index contributed by atoms with van der Waals surface area (Å²) in [5, 5.41) is 9.46. The maximum absolute atomic E-state index is 11.5. The molecule has 0 radical (unpaired) electrons. The van der Waals surface area contributed by atoms with E-state index in [9.17, 15) is 9.90 Å². The van der Waals surface area contributed by atoms with Gasteiger partial charge >= 0.3 is 5.97 Å². The number of nitrogens with two attached hydrogens (primary N) is 1. The zero-order chi connectivity index (χ0) is 14.2. The molecule has 0 aromatic heterocycles. The van der Waals surface area contributed by atoms with Crippen LogP contribution in [0.3, 0.4) is 0 Å². The Hall–Kier alpha value is -0.650. The van der Waals surface area contributed by atoms with Crippen LogP contribution in [0.15, 0.2) is 0 Å². The molecule has 0 amide bonds. The fraction of sp³-hybridized carbons (Fsp3) is 0.933. The zero-order valence-electron chi connectivity index (χ0n) is 12.3. The van der Waals surface area contributed by atoms with Crippen LogP contribution < -0.4 is 5.73 Å². The van der Waals surface area contributed by atoms with E-state index in [0.29, 0.717) is 12.6 Å². The van der Waals surface area contributed by atoms with Crippen LogP contribution in [-0.2, 0) is 4.79 Å². The molecule has 114 valence electrons. The van der Waals surface area contributed by atoms with Gasteiger partial charge < -0.3 is 10.8 Å². The lowest BCUT2D eigenvalue weighted by Crippen LogP contribution is -2.58. The van der Waals surface area contributed by atoms with Gasteiger partial charge in [0.1, 0.15) is 5.54 Å². The molecule has 1 saturated carbocycles. The Balaban J connectivity index is 1.55. The lowest BCUT2D eigenvalue weighted by atomic mass is 9.94. The Bertz CT molecular complexity index is 366. The molecule has 0 aromatic carbocycles. The summed E-state index contributed by atoms with van der Waals surface area (Å²) in [6.45, 7) is 4.96. The number of rotatable bonds is 5. The molecule has 2 unspecified atom stereocenters. The molecule has 3 fully saturated rings. The third-order valence-electron chi connectivity index (χ3n) is 5.34. The predicted octanol–water partition coefficient (Wildman–Crippen LogP) is 0.739. The van der Waals surface area contributed by atoms with Crippen molar-refractivity contribution in [2.45, 2.75) is 50.1 Å². The summed E-state index contributed by atoms with van der Waals surface area (Å²) in [6, 6.07) is 0.618. The summed E-state index contributed by atoms with van der Waals surface area (Å²) < 4.78 is 0. The van der Waals surface area contributed by atoms with Gasteiger partial charge in [0.05, 0.1) is 0 Å². The quantitative estimate of drug-likeness (QED) is 0.778. The maximum atomic E-state index is 11.5. The van der Waals surface area contributed by atoms with Gasteiger partial charge in [-0.15, -0.1) is 0 Å². The molecule has 5 nitrogen and oxygen atoms in total. The fourth-order valence-electron chi connectivity index (χ4n) is 3.88. The third kappa shape index (κ3) is 2.85. The number of likely N-dealkylation sites (tertiary alicyclic amines) is 2. The minimum Gasteiger partial charge on any atom is -0.480 e. The standard InChI is InChI=1S/C15H27N3O2/c16-15(14(19)20,12-4-5-12)11-17-9-6-13(10-17)18-7-2-1-3-8-18/h12-13H,1-11,16H2,(H,19,20). The van der Waals surface area contributed by atoms with Crippen LogP contribution in [0.25, 0.3) is 0 Å². The number of hydrogen-bond donors (Lipinski definition) is 2. The van der Waals surface area contributed by atoms with Crippen molar-refractivity contribution in [2.24, 2.45) is 11.7 Å². The molecular formula is C15H27N3O2. The molecule has 3 aliphatic rings. The summed E-state index contributed by atoms with van der Waals surface area (Å²) in [7, 11) is 0. The van der Waals surface area contributed by atoms with Crippen molar-refractivity contribution in [3.8, 4) is 0 Å². The van der Waals surface area contributed by atoms with Crippen LogP contribution in [0.4, 0.5) is 0 Å². The van der Waals surface area contributed by atoms with Crippen molar-refractivity contribution in [1.29, 1.82) is 0 Å². The fourth-order valence-corrected chi connectivity index (χ4v) is 3.88. The second-order valence-corrected chi connectivity index (χ2v) is 6.89. The van der Waals surface area contributed by atoms with E-state index in [2.05, 4.69) is 9.80 Å². The minimum atomic E-state index is -1.02. The lowest BCUT2D eigenvalue weighted by Gasteiger charge is -2.33. The summed E-state index contributed by atoms with van der Waals surface area (Å²) in [4.78, 5) is 16.4. The van der Waals surface area contributed by atoms with Crippen molar-refractivity contribution in [3.63, 3.8) is 0 Å². The van der Waals surface area contributed by atoms with E-state index < -0.39 is 11.5 Å². The Morgan fingerprint density at radius 2 is 1.85 bits per heavy atom. The van der Waals surface area contributed by atoms with Gasteiger partial charge in [-0.1, -0.05) is 6.42 Å². The SMILES string of the molecule is NC(CN1CCC(N2CCCCC2)C1)(C(=O)O)C1CC1. The first-order valence-electron chi connectivity index (χ1n) is 8.08. The Kier molecular flexibility index (Phi) is 4.02. The Labute approximate surface area is 121 Å². The number of nitrogens with zero attached hydrogens (tertiary/aromatic N) is 2. The van der Waals surface area contributed by atoms with E-state index in [0.717, 1.165) is 25.9 Å². The zero-order valence-corrected chi connectivity index (χ0v) is 12.3. The largest absolute Gasteiger partial charge is 0.480 e. The molecule has 0 spiro atoms. The molecule has 3 N–H and O–H groups in total. The topological polar surface area (TPSA) is 69.8 Å². The highest BCUT2D eigenvalue weighted by molar-refractivity contribution is 5.79. The first-order chi connectivity index (χ1) is 9.59. The van der Waals surface area contributed by atoms with Crippen molar-refractivity contribution in [3.05, 3.63) is 0 Å². The average Bonchev–Trinajstić information content (AvgIpc) is 3.21. The summed E-state index contributed by atoms with van der Waals surface area (Å²) >= 11 is 0.